The molecule has 1 aliphatic rings. The second-order valence-corrected chi connectivity index (χ2v) is 6.83. The zero-order valence-electron chi connectivity index (χ0n) is 15.8. The summed E-state index contributed by atoms with van der Waals surface area (Å²) >= 11 is 0. The van der Waals surface area contributed by atoms with Crippen LogP contribution >= 0.6 is 0 Å². The van der Waals surface area contributed by atoms with Gasteiger partial charge in [-0.2, -0.15) is 0 Å². The van der Waals surface area contributed by atoms with Crippen LogP contribution < -0.4 is 16.6 Å². The summed E-state index contributed by atoms with van der Waals surface area (Å²) in [6.07, 6.45) is 2.47. The third-order valence-electron chi connectivity index (χ3n) is 4.90. The smallest absolute Gasteiger partial charge is 0.332 e. The number of aryl methyl sites for hydroxylation is 3. The van der Waals surface area contributed by atoms with Gasteiger partial charge in [0.1, 0.15) is 11.4 Å². The summed E-state index contributed by atoms with van der Waals surface area (Å²) in [4.78, 5) is 37.7. The highest BCUT2D eigenvalue weighted by Crippen LogP contribution is 2.27. The van der Waals surface area contributed by atoms with Crippen molar-refractivity contribution in [2.75, 3.05) is 5.32 Å². The summed E-state index contributed by atoms with van der Waals surface area (Å²) in [5, 5.41) is 3.02. The fourth-order valence-corrected chi connectivity index (χ4v) is 3.25. The number of allylic oxidation sites excluding steroid dienone is 1. The highest BCUT2D eigenvalue weighted by molar-refractivity contribution is 6.19. The fraction of sp³-hybridized carbons (Fsp3) is 0.350. The zero-order chi connectivity index (χ0) is 19.2. The van der Waals surface area contributed by atoms with Gasteiger partial charge in [0.2, 0.25) is 5.78 Å². The van der Waals surface area contributed by atoms with Crippen LogP contribution in [-0.2, 0) is 13.6 Å². The van der Waals surface area contributed by atoms with Gasteiger partial charge in [-0.15, -0.1) is 0 Å². The van der Waals surface area contributed by atoms with Crippen LogP contribution in [0.3, 0.4) is 0 Å². The van der Waals surface area contributed by atoms with Gasteiger partial charge in [-0.1, -0.05) is 19.1 Å². The monoisotopic (exact) mass is 353 g/mol. The number of ketones is 1. The Balaban J connectivity index is 2.18. The minimum atomic E-state index is -0.560. The maximum atomic E-state index is 12.8. The first-order valence-corrected chi connectivity index (χ1v) is 8.71. The van der Waals surface area contributed by atoms with Crippen LogP contribution in [0.15, 0.2) is 27.4 Å². The van der Waals surface area contributed by atoms with Crippen LogP contribution in [0.4, 0.5) is 5.82 Å². The second-order valence-electron chi connectivity index (χ2n) is 6.83. The number of benzene rings is 1. The number of nitrogens with zero attached hydrogens (tertiary/aromatic N) is 2. The van der Waals surface area contributed by atoms with E-state index in [0.717, 1.165) is 27.7 Å². The van der Waals surface area contributed by atoms with Crippen molar-refractivity contribution < 1.29 is 4.79 Å². The Hall–Kier alpha value is -2.89. The molecule has 0 radical (unpaired) electrons. The molecule has 136 valence electrons. The first-order valence-electron chi connectivity index (χ1n) is 8.71. The van der Waals surface area contributed by atoms with E-state index in [1.807, 2.05) is 33.8 Å². The second kappa shape index (κ2) is 6.44. The molecule has 3 rings (SSSR count). The van der Waals surface area contributed by atoms with Gasteiger partial charge in [0.15, 0.2) is 0 Å². The number of aromatic nitrogens is 2. The summed E-state index contributed by atoms with van der Waals surface area (Å²) in [6.45, 7) is 8.42. The minimum Gasteiger partial charge on any atom is -0.338 e. The predicted octanol–water partition coefficient (Wildman–Crippen LogP) is 2.53. The highest BCUT2D eigenvalue weighted by atomic mass is 16.2. The van der Waals surface area contributed by atoms with E-state index in [-0.39, 0.29) is 11.3 Å². The van der Waals surface area contributed by atoms with Crippen molar-refractivity contribution in [3.05, 3.63) is 66.5 Å². The molecule has 0 aliphatic carbocycles. The summed E-state index contributed by atoms with van der Waals surface area (Å²) in [5.41, 5.74) is 3.65. The van der Waals surface area contributed by atoms with Crippen molar-refractivity contribution in [1.29, 1.82) is 0 Å². The Labute approximate surface area is 151 Å². The normalized spacial score (nSPS) is 14.7. The SMILES string of the molecule is CCCn1c2c(c(=O)n(C)c1=O)C(=O)/C(=C\c1cc(C)c(C)cc1C)N2. The number of carbonyl (C=O) groups excluding carboxylic acids is 1. The molecular weight excluding hydrogens is 330 g/mol. The topological polar surface area (TPSA) is 73.1 Å². The minimum absolute atomic E-state index is 0.0355. The summed E-state index contributed by atoms with van der Waals surface area (Å²) < 4.78 is 2.46. The van der Waals surface area contributed by atoms with Gasteiger partial charge in [-0.05, 0) is 55.5 Å². The molecule has 0 atom stereocenters. The molecular formula is C20H23N3O3. The highest BCUT2D eigenvalue weighted by Gasteiger charge is 2.32. The molecule has 1 aromatic carbocycles. The van der Waals surface area contributed by atoms with Crippen molar-refractivity contribution in [2.45, 2.75) is 40.7 Å². The van der Waals surface area contributed by atoms with Gasteiger partial charge >= 0.3 is 5.69 Å². The van der Waals surface area contributed by atoms with E-state index in [1.165, 1.54) is 17.2 Å². The van der Waals surface area contributed by atoms with Gasteiger partial charge in [-0.25, -0.2) is 4.79 Å². The van der Waals surface area contributed by atoms with E-state index >= 15 is 0 Å². The quantitative estimate of drug-likeness (QED) is 0.861. The molecule has 6 heteroatoms. The van der Waals surface area contributed by atoms with Gasteiger partial charge < -0.3 is 5.32 Å². The molecule has 26 heavy (non-hydrogen) atoms. The fourth-order valence-electron chi connectivity index (χ4n) is 3.25. The van der Waals surface area contributed by atoms with Crippen molar-refractivity contribution in [2.24, 2.45) is 7.05 Å². The lowest BCUT2D eigenvalue weighted by Gasteiger charge is -2.11. The molecule has 0 amide bonds. The van der Waals surface area contributed by atoms with Gasteiger partial charge in [-0.3, -0.25) is 18.7 Å². The van der Waals surface area contributed by atoms with Gasteiger partial charge in [0.25, 0.3) is 5.56 Å². The van der Waals surface area contributed by atoms with Crippen LogP contribution in [0, 0.1) is 20.8 Å². The molecule has 6 nitrogen and oxygen atoms in total. The van der Waals surface area contributed by atoms with E-state index in [1.54, 1.807) is 6.08 Å². The molecule has 1 aromatic heterocycles. The van der Waals surface area contributed by atoms with Crippen LogP contribution in [-0.4, -0.2) is 14.9 Å². The Morgan fingerprint density at radius 1 is 1.04 bits per heavy atom. The van der Waals surface area contributed by atoms with Crippen LogP contribution in [0.1, 0.15) is 46.0 Å². The summed E-state index contributed by atoms with van der Waals surface area (Å²) in [7, 11) is 1.40. The average Bonchev–Trinajstić information content (AvgIpc) is 2.91. The van der Waals surface area contributed by atoms with Crippen molar-refractivity contribution in [1.82, 2.24) is 9.13 Å². The Kier molecular flexibility index (Phi) is 4.44. The van der Waals surface area contributed by atoms with E-state index in [0.29, 0.717) is 18.1 Å². The first kappa shape index (κ1) is 17.9. The number of anilines is 1. The van der Waals surface area contributed by atoms with Crippen molar-refractivity contribution in [3.8, 4) is 0 Å². The number of rotatable bonds is 3. The Morgan fingerprint density at radius 3 is 2.35 bits per heavy atom. The van der Waals surface area contributed by atoms with Crippen LogP contribution in [0.5, 0.6) is 0 Å². The van der Waals surface area contributed by atoms with Crippen molar-refractivity contribution in [3.63, 3.8) is 0 Å². The molecule has 0 unspecified atom stereocenters. The third-order valence-corrected chi connectivity index (χ3v) is 4.90. The van der Waals surface area contributed by atoms with Crippen LogP contribution in [0.2, 0.25) is 0 Å². The molecule has 0 fully saturated rings. The third kappa shape index (κ3) is 2.71. The molecule has 2 heterocycles. The molecule has 2 aromatic rings. The molecule has 1 N–H and O–H groups in total. The largest absolute Gasteiger partial charge is 0.338 e. The van der Waals surface area contributed by atoms with Gasteiger partial charge in [0, 0.05) is 13.6 Å². The van der Waals surface area contributed by atoms with E-state index in [9.17, 15) is 14.4 Å². The molecule has 0 spiro atoms. The maximum Gasteiger partial charge on any atom is 0.332 e. The average molecular weight is 353 g/mol. The number of hydrogen-bond acceptors (Lipinski definition) is 4. The summed E-state index contributed by atoms with van der Waals surface area (Å²) in [5.74, 6) is -0.0687. The number of Topliss-reactive ketones (excluding diaryl/α,β-unsaturated/α-hetero) is 1. The standard InChI is InChI=1S/C20H23N3O3/c1-6-7-23-18-16(19(25)22(5)20(23)26)17(24)15(21-18)10-14-9-12(3)11(2)8-13(14)4/h8-10,21H,6-7H2,1-5H3/b15-10+. The van der Waals surface area contributed by atoms with Gasteiger partial charge in [0.05, 0.1) is 5.70 Å². The van der Waals surface area contributed by atoms with E-state index < -0.39 is 11.2 Å². The Bertz CT molecular complexity index is 1070. The molecule has 0 bridgehead atoms. The predicted molar refractivity (Wildman–Crippen MR) is 103 cm³/mol. The Morgan fingerprint density at radius 2 is 1.69 bits per heavy atom. The van der Waals surface area contributed by atoms with Crippen LogP contribution in [0.25, 0.3) is 6.08 Å². The lowest BCUT2D eigenvalue weighted by molar-refractivity contribution is 0.104. The van der Waals surface area contributed by atoms with E-state index in [2.05, 4.69) is 11.4 Å². The molecule has 0 saturated carbocycles. The maximum absolute atomic E-state index is 12.8. The van der Waals surface area contributed by atoms with E-state index in [4.69, 9.17) is 0 Å². The number of hydrogen-bond donors (Lipinski definition) is 1. The lowest BCUT2D eigenvalue weighted by Crippen LogP contribution is -2.40. The lowest BCUT2D eigenvalue weighted by atomic mass is 9.99. The number of carbonyl (C=O) groups is 1. The number of nitrogens with one attached hydrogen (secondary N) is 1. The van der Waals surface area contributed by atoms with Crippen molar-refractivity contribution >= 4 is 17.7 Å². The first-order chi connectivity index (χ1) is 12.3. The summed E-state index contributed by atoms with van der Waals surface area (Å²) in [6, 6.07) is 4.09. The molecule has 1 aliphatic heterocycles. The number of fused-ring (bicyclic) bond motifs is 1. The molecule has 0 saturated heterocycles. The zero-order valence-corrected chi connectivity index (χ0v) is 15.8.